The molecule has 1 aromatic rings. The van der Waals surface area contributed by atoms with Gasteiger partial charge in [-0.1, -0.05) is 50.9 Å². The average Bonchev–Trinajstić information content (AvgIpc) is 2.13. The molecule has 0 heterocycles. The fraction of sp³-hybridized carbons (Fsp3) is 0.600. The molecule has 0 amide bonds. The first-order valence-corrected chi connectivity index (χ1v) is 13.3. The minimum absolute atomic E-state index is 0.198. The number of rotatable bonds is 3. The number of hydrogen-bond acceptors (Lipinski definition) is 1. The summed E-state index contributed by atoms with van der Waals surface area (Å²) in [6.45, 7) is 19.2. The van der Waals surface area contributed by atoms with E-state index in [1.54, 1.807) is 5.19 Å². The molecule has 1 nitrogen and oxygen atoms in total. The molecule has 1 aromatic carbocycles. The monoisotopic (exact) mass is 279 g/mol. The van der Waals surface area contributed by atoms with E-state index in [2.05, 4.69) is 82.3 Å². The summed E-state index contributed by atoms with van der Waals surface area (Å²) in [7, 11) is -2.17. The Morgan fingerprint density at radius 2 is 1.50 bits per heavy atom. The molecule has 0 saturated heterocycles. The first-order chi connectivity index (χ1) is 8.05. The molecular weight excluding hydrogens is 250 g/mol. The van der Waals surface area contributed by atoms with E-state index in [0.29, 0.717) is 0 Å². The van der Waals surface area contributed by atoms with Gasteiger partial charge in [-0.3, -0.25) is 0 Å². The van der Waals surface area contributed by atoms with E-state index in [9.17, 15) is 0 Å². The van der Waals surface area contributed by atoms with Crippen LogP contribution in [-0.2, 0) is 0 Å². The zero-order chi connectivity index (χ0) is 14.1. The highest BCUT2D eigenvalue weighted by Crippen LogP contribution is 2.29. The molecule has 102 valence electrons. The van der Waals surface area contributed by atoms with Crippen LogP contribution in [0.25, 0.3) is 0 Å². The second-order valence-corrected chi connectivity index (χ2v) is 15.1. The van der Waals surface area contributed by atoms with Crippen LogP contribution in [-0.4, -0.2) is 22.6 Å². The van der Waals surface area contributed by atoms with Gasteiger partial charge in [0.05, 0.1) is 8.80 Å². The van der Waals surface area contributed by atoms with Gasteiger partial charge in [-0.2, -0.15) is 0 Å². The average molecular weight is 280 g/mol. The lowest BCUT2D eigenvalue weighted by Crippen LogP contribution is -2.58. The largest absolute Gasteiger partial charge is 0.394 e. The molecule has 0 unspecified atom stereocenters. The van der Waals surface area contributed by atoms with Crippen molar-refractivity contribution in [3.05, 3.63) is 24.3 Å². The van der Waals surface area contributed by atoms with E-state index < -0.39 is 17.0 Å². The van der Waals surface area contributed by atoms with Gasteiger partial charge in [0.2, 0.25) is 0 Å². The van der Waals surface area contributed by atoms with Gasteiger partial charge < -0.3 is 4.57 Å². The van der Waals surface area contributed by atoms with Gasteiger partial charge in [0.15, 0.2) is 0 Å². The van der Waals surface area contributed by atoms with E-state index in [4.69, 9.17) is 0 Å². The van der Waals surface area contributed by atoms with Crippen molar-refractivity contribution in [1.82, 2.24) is 0 Å². The van der Waals surface area contributed by atoms with Crippen LogP contribution in [0, 0.1) is 0 Å². The van der Waals surface area contributed by atoms with Crippen molar-refractivity contribution in [2.75, 3.05) is 4.57 Å². The lowest BCUT2D eigenvalue weighted by atomic mass is 10.1. The van der Waals surface area contributed by atoms with E-state index in [-0.39, 0.29) is 5.54 Å². The summed E-state index contributed by atoms with van der Waals surface area (Å²) in [6, 6.07) is 9.04. The SMILES string of the molecule is C[SiH](C)c1ccccc1N(C(C)(C)C)[Si](C)(C)C. The van der Waals surface area contributed by atoms with E-state index in [0.717, 1.165) is 0 Å². The summed E-state index contributed by atoms with van der Waals surface area (Å²) in [5.41, 5.74) is 1.69. The molecular formula is C15H29NSi2. The standard InChI is InChI=1S/C15H29NSi2/c1-15(2,3)16(18(6,7)8)13-11-9-10-12-14(13)17(4)5/h9-12,17H,1-8H3. The van der Waals surface area contributed by atoms with Crippen molar-refractivity contribution in [2.24, 2.45) is 0 Å². The zero-order valence-corrected chi connectivity index (χ0v) is 15.5. The van der Waals surface area contributed by atoms with Crippen LogP contribution < -0.4 is 9.75 Å². The maximum absolute atomic E-state index is 2.71. The Labute approximate surface area is 116 Å². The summed E-state index contributed by atoms with van der Waals surface area (Å²) in [6.07, 6.45) is 0. The van der Waals surface area contributed by atoms with Crippen molar-refractivity contribution in [3.63, 3.8) is 0 Å². The molecule has 0 saturated carbocycles. The number of nitrogens with zero attached hydrogens (tertiary/aromatic N) is 1. The third-order valence-corrected chi connectivity index (χ3v) is 7.13. The number of para-hydroxylation sites is 1. The van der Waals surface area contributed by atoms with Gasteiger partial charge in [0, 0.05) is 11.2 Å². The van der Waals surface area contributed by atoms with Crippen molar-refractivity contribution < 1.29 is 0 Å². The maximum atomic E-state index is 2.71. The van der Waals surface area contributed by atoms with Gasteiger partial charge in [0.25, 0.3) is 0 Å². The summed E-state index contributed by atoms with van der Waals surface area (Å²) in [5.74, 6) is 0. The van der Waals surface area contributed by atoms with Crippen LogP contribution in [0.2, 0.25) is 32.7 Å². The molecule has 0 aliphatic rings. The minimum atomic E-state index is -1.38. The van der Waals surface area contributed by atoms with Crippen LogP contribution in [0.15, 0.2) is 24.3 Å². The summed E-state index contributed by atoms with van der Waals surface area (Å²) in [4.78, 5) is 0. The predicted octanol–water partition coefficient (Wildman–Crippen LogP) is 3.82. The van der Waals surface area contributed by atoms with Gasteiger partial charge in [-0.05, 0) is 32.0 Å². The molecule has 0 atom stereocenters. The van der Waals surface area contributed by atoms with Crippen molar-refractivity contribution in [1.29, 1.82) is 0 Å². The van der Waals surface area contributed by atoms with Crippen LogP contribution >= 0.6 is 0 Å². The highest BCUT2D eigenvalue weighted by atomic mass is 28.3. The molecule has 0 aliphatic carbocycles. The molecule has 0 radical (unpaired) electrons. The highest BCUT2D eigenvalue weighted by Gasteiger charge is 2.34. The lowest BCUT2D eigenvalue weighted by Gasteiger charge is -2.48. The normalized spacial score (nSPS) is 12.9. The number of anilines is 1. The fourth-order valence-electron chi connectivity index (χ4n) is 2.91. The zero-order valence-electron chi connectivity index (χ0n) is 13.3. The van der Waals surface area contributed by atoms with Gasteiger partial charge >= 0.3 is 0 Å². The molecule has 0 bridgehead atoms. The molecule has 0 N–H and O–H groups in total. The molecule has 18 heavy (non-hydrogen) atoms. The summed E-state index contributed by atoms with van der Waals surface area (Å²) >= 11 is 0. The Balaban J connectivity index is 3.40. The molecule has 0 fully saturated rings. The minimum Gasteiger partial charge on any atom is -0.394 e. The van der Waals surface area contributed by atoms with E-state index in [1.807, 2.05) is 0 Å². The first-order valence-electron chi connectivity index (χ1n) is 6.94. The van der Waals surface area contributed by atoms with E-state index >= 15 is 0 Å². The molecule has 0 spiro atoms. The number of benzene rings is 1. The van der Waals surface area contributed by atoms with E-state index in [1.165, 1.54) is 5.69 Å². The Morgan fingerprint density at radius 1 is 1.00 bits per heavy atom. The molecule has 3 heteroatoms. The summed E-state index contributed by atoms with van der Waals surface area (Å²) < 4.78 is 2.71. The van der Waals surface area contributed by atoms with Crippen LogP contribution in [0.4, 0.5) is 5.69 Å². The summed E-state index contributed by atoms with van der Waals surface area (Å²) in [5, 5.41) is 1.61. The Morgan fingerprint density at radius 3 is 1.89 bits per heavy atom. The van der Waals surface area contributed by atoms with Crippen molar-refractivity contribution in [3.8, 4) is 0 Å². The van der Waals surface area contributed by atoms with Crippen molar-refractivity contribution >= 4 is 27.9 Å². The highest BCUT2D eigenvalue weighted by molar-refractivity contribution is 6.81. The Bertz CT molecular complexity index is 386. The lowest BCUT2D eigenvalue weighted by molar-refractivity contribution is 0.573. The van der Waals surface area contributed by atoms with Crippen LogP contribution in [0.3, 0.4) is 0 Å². The van der Waals surface area contributed by atoms with Gasteiger partial charge in [0.1, 0.15) is 8.24 Å². The molecule has 0 aromatic heterocycles. The third-order valence-electron chi connectivity index (χ3n) is 3.14. The topological polar surface area (TPSA) is 3.24 Å². The van der Waals surface area contributed by atoms with Crippen LogP contribution in [0.5, 0.6) is 0 Å². The third kappa shape index (κ3) is 3.48. The molecule has 1 rings (SSSR count). The van der Waals surface area contributed by atoms with Crippen molar-refractivity contribution in [2.45, 2.75) is 59.0 Å². The maximum Gasteiger partial charge on any atom is 0.148 e. The van der Waals surface area contributed by atoms with Gasteiger partial charge in [-0.15, -0.1) is 0 Å². The quantitative estimate of drug-likeness (QED) is 0.760. The fourth-order valence-corrected chi connectivity index (χ4v) is 7.29. The van der Waals surface area contributed by atoms with Crippen LogP contribution in [0.1, 0.15) is 20.8 Å². The number of hydrogen-bond donors (Lipinski definition) is 0. The Hall–Kier alpha value is -0.546. The van der Waals surface area contributed by atoms with Gasteiger partial charge in [-0.25, -0.2) is 0 Å². The Kier molecular flexibility index (Phi) is 4.49. The second-order valence-electron chi connectivity index (χ2n) is 7.39. The molecule has 0 aliphatic heterocycles. The smallest absolute Gasteiger partial charge is 0.148 e. The predicted molar refractivity (Wildman–Crippen MR) is 90.5 cm³/mol. The second kappa shape index (κ2) is 5.21. The first kappa shape index (κ1) is 15.5.